The van der Waals surface area contributed by atoms with Gasteiger partial charge >= 0.3 is 0 Å². The van der Waals surface area contributed by atoms with Gasteiger partial charge in [-0.3, -0.25) is 4.79 Å². The molecule has 0 radical (unpaired) electrons. The Balaban J connectivity index is 2.12. The van der Waals surface area contributed by atoms with Crippen LogP contribution < -0.4 is 10.1 Å². The van der Waals surface area contributed by atoms with E-state index in [9.17, 15) is 4.79 Å². The highest BCUT2D eigenvalue weighted by molar-refractivity contribution is 6.09. The first-order valence-electron chi connectivity index (χ1n) is 6.82. The molecule has 0 aliphatic carbocycles. The summed E-state index contributed by atoms with van der Waals surface area (Å²) >= 11 is 0. The Morgan fingerprint density at radius 3 is 2.59 bits per heavy atom. The summed E-state index contributed by atoms with van der Waals surface area (Å²) < 4.78 is 10.2. The number of nitrogens with one attached hydrogen (secondary N) is 1. The molecule has 0 aliphatic heterocycles. The summed E-state index contributed by atoms with van der Waals surface area (Å²) in [4.78, 5) is 12.1. The van der Waals surface area contributed by atoms with Crippen molar-refractivity contribution in [3.63, 3.8) is 0 Å². The van der Waals surface area contributed by atoms with Crippen molar-refractivity contribution < 1.29 is 13.9 Å². The van der Waals surface area contributed by atoms with Crippen molar-refractivity contribution in [2.45, 2.75) is 13.3 Å². The molecule has 5 heteroatoms. The lowest BCUT2D eigenvalue weighted by Gasteiger charge is -2.04. The molecule has 5 nitrogen and oxygen atoms in total. The molecule has 0 aliphatic rings. The summed E-state index contributed by atoms with van der Waals surface area (Å²) in [6, 6.07) is 12.6. The van der Waals surface area contributed by atoms with Crippen LogP contribution in [0.15, 0.2) is 46.4 Å². The van der Waals surface area contributed by atoms with Gasteiger partial charge in [-0.05, 0) is 30.2 Å². The molecule has 1 heterocycles. The number of nitrogens with zero attached hydrogens (tertiary/aromatic N) is 1. The minimum atomic E-state index is -0.484. The van der Waals surface area contributed by atoms with Crippen LogP contribution in [-0.4, -0.2) is 13.0 Å². The maximum absolute atomic E-state index is 12.1. The van der Waals surface area contributed by atoms with E-state index in [1.807, 2.05) is 30.3 Å². The molecule has 0 fully saturated rings. The summed E-state index contributed by atoms with van der Waals surface area (Å²) in [6.45, 7) is 2.06. The monoisotopic (exact) mass is 296 g/mol. The average Bonchev–Trinajstić information content (AvgIpc) is 3.01. The Labute approximate surface area is 128 Å². The molecule has 0 spiro atoms. The maximum Gasteiger partial charge on any atom is 0.284 e. The van der Waals surface area contributed by atoms with Crippen LogP contribution in [0.25, 0.3) is 6.08 Å². The van der Waals surface area contributed by atoms with Gasteiger partial charge in [0.25, 0.3) is 11.9 Å². The zero-order valence-electron chi connectivity index (χ0n) is 12.4. The van der Waals surface area contributed by atoms with Crippen molar-refractivity contribution in [1.29, 1.82) is 5.26 Å². The van der Waals surface area contributed by atoms with Gasteiger partial charge in [0.15, 0.2) is 0 Å². The number of ether oxygens (including phenoxy) is 1. The molecule has 0 unspecified atom stereocenters. The van der Waals surface area contributed by atoms with Crippen molar-refractivity contribution in [2.24, 2.45) is 0 Å². The number of anilines is 1. The number of benzene rings is 1. The van der Waals surface area contributed by atoms with Crippen LogP contribution in [0.5, 0.6) is 5.95 Å². The first-order chi connectivity index (χ1) is 10.7. The van der Waals surface area contributed by atoms with Crippen molar-refractivity contribution in [3.8, 4) is 12.0 Å². The van der Waals surface area contributed by atoms with Gasteiger partial charge in [-0.1, -0.05) is 19.1 Å². The van der Waals surface area contributed by atoms with Crippen LogP contribution in [0, 0.1) is 11.3 Å². The topological polar surface area (TPSA) is 75.3 Å². The number of hydrogen-bond donors (Lipinski definition) is 1. The second-order valence-electron chi connectivity index (χ2n) is 4.54. The van der Waals surface area contributed by atoms with E-state index in [-0.39, 0.29) is 5.57 Å². The highest BCUT2D eigenvalue weighted by Crippen LogP contribution is 2.18. The number of hydrogen-bond acceptors (Lipinski definition) is 4. The fraction of sp³-hybridized carbons (Fsp3) is 0.176. The highest BCUT2D eigenvalue weighted by Gasteiger charge is 2.11. The molecule has 1 amide bonds. The van der Waals surface area contributed by atoms with E-state index in [2.05, 4.69) is 12.2 Å². The largest absolute Gasteiger partial charge is 0.468 e. The lowest BCUT2D eigenvalue weighted by Crippen LogP contribution is -2.13. The molecule has 1 aromatic carbocycles. The third-order valence-corrected chi connectivity index (χ3v) is 3.08. The smallest absolute Gasteiger partial charge is 0.284 e. The summed E-state index contributed by atoms with van der Waals surface area (Å²) in [5.74, 6) is 0.214. The lowest BCUT2D eigenvalue weighted by molar-refractivity contribution is -0.112. The lowest BCUT2D eigenvalue weighted by atomic mass is 10.1. The van der Waals surface area contributed by atoms with Gasteiger partial charge in [0.1, 0.15) is 17.4 Å². The summed E-state index contributed by atoms with van der Waals surface area (Å²) in [6.07, 6.45) is 2.30. The third-order valence-electron chi connectivity index (χ3n) is 3.08. The van der Waals surface area contributed by atoms with Gasteiger partial charge in [0.2, 0.25) is 0 Å². The van der Waals surface area contributed by atoms with Crippen LogP contribution in [0.4, 0.5) is 5.69 Å². The molecule has 0 saturated heterocycles. The molecule has 0 bridgehead atoms. The molecule has 1 aromatic heterocycles. The van der Waals surface area contributed by atoms with Crippen LogP contribution in [-0.2, 0) is 11.2 Å². The zero-order valence-corrected chi connectivity index (χ0v) is 12.4. The number of amides is 1. The predicted octanol–water partition coefficient (Wildman–Crippen LogP) is 3.40. The normalized spacial score (nSPS) is 10.9. The molecule has 0 atom stereocenters. The minimum absolute atomic E-state index is 0.0448. The van der Waals surface area contributed by atoms with Gasteiger partial charge in [0.05, 0.1) is 7.11 Å². The van der Waals surface area contributed by atoms with E-state index in [0.717, 1.165) is 6.42 Å². The summed E-state index contributed by atoms with van der Waals surface area (Å²) in [7, 11) is 1.48. The Bertz CT molecular complexity index is 721. The number of rotatable bonds is 5. The van der Waals surface area contributed by atoms with E-state index >= 15 is 0 Å². The van der Waals surface area contributed by atoms with Crippen molar-refractivity contribution in [3.05, 3.63) is 53.3 Å². The molecule has 0 saturated carbocycles. The van der Waals surface area contributed by atoms with Gasteiger partial charge in [-0.25, -0.2) is 0 Å². The average molecular weight is 296 g/mol. The molecular weight excluding hydrogens is 280 g/mol. The number of nitriles is 1. The second kappa shape index (κ2) is 7.14. The molecule has 22 heavy (non-hydrogen) atoms. The molecule has 1 N–H and O–H groups in total. The predicted molar refractivity (Wildman–Crippen MR) is 83.3 cm³/mol. The van der Waals surface area contributed by atoms with E-state index in [1.165, 1.54) is 18.7 Å². The highest BCUT2D eigenvalue weighted by atomic mass is 16.6. The maximum atomic E-state index is 12.1. The molecule has 2 rings (SSSR count). The van der Waals surface area contributed by atoms with E-state index in [0.29, 0.717) is 17.4 Å². The van der Waals surface area contributed by atoms with Crippen LogP contribution in [0.3, 0.4) is 0 Å². The molecular formula is C17H16N2O3. The number of furan rings is 1. The van der Waals surface area contributed by atoms with Gasteiger partial charge < -0.3 is 14.5 Å². The third kappa shape index (κ3) is 3.76. The first kappa shape index (κ1) is 15.4. The van der Waals surface area contributed by atoms with Gasteiger partial charge in [-0.15, -0.1) is 0 Å². The number of carbonyl (C=O) groups excluding carboxylic acids is 1. The fourth-order valence-electron chi connectivity index (χ4n) is 1.83. The van der Waals surface area contributed by atoms with Gasteiger partial charge in [-0.2, -0.15) is 5.26 Å². The Hall–Kier alpha value is -3.00. The van der Waals surface area contributed by atoms with Crippen molar-refractivity contribution >= 4 is 17.7 Å². The zero-order chi connectivity index (χ0) is 15.9. The SMILES string of the molecule is CCc1ccc(NC(=O)/C(C#N)=C/c2ccc(OC)o2)cc1. The van der Waals surface area contributed by atoms with Crippen LogP contribution in [0.2, 0.25) is 0 Å². The minimum Gasteiger partial charge on any atom is -0.468 e. The molecule has 2 aromatic rings. The van der Waals surface area contributed by atoms with Gasteiger partial charge in [0, 0.05) is 17.8 Å². The van der Waals surface area contributed by atoms with E-state index < -0.39 is 5.91 Å². The Morgan fingerprint density at radius 1 is 1.32 bits per heavy atom. The van der Waals surface area contributed by atoms with E-state index in [1.54, 1.807) is 12.1 Å². The number of methoxy groups -OCH3 is 1. The first-order valence-corrected chi connectivity index (χ1v) is 6.82. The van der Waals surface area contributed by atoms with Crippen molar-refractivity contribution in [1.82, 2.24) is 0 Å². The van der Waals surface area contributed by atoms with Crippen molar-refractivity contribution in [2.75, 3.05) is 12.4 Å². The summed E-state index contributed by atoms with van der Waals surface area (Å²) in [5, 5.41) is 11.8. The van der Waals surface area contributed by atoms with Crippen LogP contribution >= 0.6 is 0 Å². The quantitative estimate of drug-likeness (QED) is 0.677. The Kier molecular flexibility index (Phi) is 4.99. The standard InChI is InChI=1S/C17H16N2O3/c1-3-12-4-6-14(7-5-12)19-17(20)13(11-18)10-15-8-9-16(21-2)22-15/h4-10H,3H2,1-2H3,(H,19,20)/b13-10+. The van der Waals surface area contributed by atoms with Crippen LogP contribution in [0.1, 0.15) is 18.2 Å². The van der Waals surface area contributed by atoms with E-state index in [4.69, 9.17) is 14.4 Å². The number of carbonyl (C=O) groups is 1. The fourth-order valence-corrected chi connectivity index (χ4v) is 1.83. The Morgan fingerprint density at radius 2 is 2.05 bits per heavy atom. The number of aryl methyl sites for hydroxylation is 1. The molecule has 112 valence electrons. The summed E-state index contributed by atoms with van der Waals surface area (Å²) in [5.41, 5.74) is 1.77. The second-order valence-corrected chi connectivity index (χ2v) is 4.54.